The summed E-state index contributed by atoms with van der Waals surface area (Å²) >= 11 is 0. The molecule has 0 aliphatic heterocycles. The molecule has 1 amide bonds. The van der Waals surface area contributed by atoms with Crippen molar-refractivity contribution >= 4 is 15.9 Å². The van der Waals surface area contributed by atoms with E-state index in [0.29, 0.717) is 24.8 Å². The minimum atomic E-state index is -3.72. The van der Waals surface area contributed by atoms with E-state index in [0.717, 1.165) is 5.56 Å². The number of amides is 1. The van der Waals surface area contributed by atoms with Crippen molar-refractivity contribution in [3.05, 3.63) is 23.8 Å². The number of carbonyl (C=O) groups is 1. The monoisotopic (exact) mass is 356 g/mol. The topological polar surface area (TPSA) is 75.7 Å². The predicted molar refractivity (Wildman–Crippen MR) is 94.6 cm³/mol. The number of hydrogen-bond acceptors (Lipinski definition) is 4. The summed E-state index contributed by atoms with van der Waals surface area (Å²) in [5, 5.41) is 2.74. The van der Waals surface area contributed by atoms with Gasteiger partial charge < -0.3 is 10.1 Å². The van der Waals surface area contributed by atoms with Crippen LogP contribution in [0, 0.1) is 12.8 Å². The highest BCUT2D eigenvalue weighted by molar-refractivity contribution is 7.89. The molecule has 0 spiro atoms. The van der Waals surface area contributed by atoms with E-state index >= 15 is 0 Å². The molecule has 1 aromatic carbocycles. The number of benzene rings is 1. The van der Waals surface area contributed by atoms with Gasteiger partial charge in [-0.2, -0.15) is 4.31 Å². The molecular weight excluding hydrogens is 328 g/mol. The number of aryl methyl sites for hydroxylation is 1. The van der Waals surface area contributed by atoms with Gasteiger partial charge in [0.2, 0.25) is 15.9 Å². The number of likely N-dealkylation sites (N-methyl/N-ethyl adjacent to an activating group) is 1. The van der Waals surface area contributed by atoms with Crippen LogP contribution in [0.25, 0.3) is 0 Å². The largest absolute Gasteiger partial charge is 0.494 e. The lowest BCUT2D eigenvalue weighted by atomic mass is 10.2. The van der Waals surface area contributed by atoms with E-state index in [4.69, 9.17) is 4.74 Å². The Hall–Kier alpha value is -1.60. The van der Waals surface area contributed by atoms with Gasteiger partial charge in [0.05, 0.1) is 18.0 Å². The molecule has 0 aromatic heterocycles. The van der Waals surface area contributed by atoms with E-state index in [-0.39, 0.29) is 23.9 Å². The van der Waals surface area contributed by atoms with Crippen LogP contribution in [0.4, 0.5) is 0 Å². The summed E-state index contributed by atoms with van der Waals surface area (Å²) in [6, 6.07) is 4.75. The predicted octanol–water partition coefficient (Wildman–Crippen LogP) is 2.18. The molecule has 0 saturated carbocycles. The fourth-order valence-corrected chi connectivity index (χ4v) is 3.64. The fraction of sp³-hybridized carbons (Fsp3) is 0.588. The van der Waals surface area contributed by atoms with Crippen molar-refractivity contribution in [2.45, 2.75) is 39.5 Å². The van der Waals surface area contributed by atoms with E-state index in [1.807, 2.05) is 20.8 Å². The molecule has 0 saturated heterocycles. The average molecular weight is 356 g/mol. The van der Waals surface area contributed by atoms with Gasteiger partial charge in [0.25, 0.3) is 0 Å². The van der Waals surface area contributed by atoms with Crippen LogP contribution >= 0.6 is 0 Å². The highest BCUT2D eigenvalue weighted by Crippen LogP contribution is 2.24. The Bertz CT molecular complexity index is 657. The van der Waals surface area contributed by atoms with Crippen LogP contribution in [0.3, 0.4) is 0 Å². The zero-order valence-electron chi connectivity index (χ0n) is 15.1. The number of rotatable bonds is 9. The summed E-state index contributed by atoms with van der Waals surface area (Å²) in [6.07, 6.45) is 0. The maximum absolute atomic E-state index is 12.8. The number of nitrogens with zero attached hydrogens (tertiary/aromatic N) is 1. The molecule has 0 fully saturated rings. The van der Waals surface area contributed by atoms with Crippen LogP contribution < -0.4 is 10.1 Å². The molecule has 0 radical (unpaired) electrons. The Labute approximate surface area is 145 Å². The van der Waals surface area contributed by atoms with E-state index < -0.39 is 10.0 Å². The third-order valence-electron chi connectivity index (χ3n) is 3.46. The van der Waals surface area contributed by atoms with Gasteiger partial charge in [-0.1, -0.05) is 20.8 Å². The van der Waals surface area contributed by atoms with Crippen LogP contribution in [-0.4, -0.2) is 44.9 Å². The standard InChI is InChI=1S/C17H28N2O4S/c1-6-19(12-17(20)18-11-13(3)4)24(21,22)15-8-9-16(23-7-2)14(5)10-15/h8-10,13H,6-7,11-12H2,1-5H3,(H,18,20). The first-order valence-corrected chi connectivity index (χ1v) is 9.66. The Kier molecular flexibility index (Phi) is 7.69. The maximum Gasteiger partial charge on any atom is 0.243 e. The summed E-state index contributed by atoms with van der Waals surface area (Å²) in [7, 11) is -3.72. The van der Waals surface area contributed by atoms with Crippen molar-refractivity contribution in [3.8, 4) is 5.75 Å². The van der Waals surface area contributed by atoms with E-state index in [9.17, 15) is 13.2 Å². The van der Waals surface area contributed by atoms with E-state index in [1.54, 1.807) is 26.0 Å². The Morgan fingerprint density at radius 1 is 1.29 bits per heavy atom. The molecule has 1 aromatic rings. The Morgan fingerprint density at radius 3 is 2.46 bits per heavy atom. The molecule has 136 valence electrons. The first kappa shape index (κ1) is 20.4. The van der Waals surface area contributed by atoms with Crippen molar-refractivity contribution < 1.29 is 17.9 Å². The van der Waals surface area contributed by atoms with Crippen molar-refractivity contribution in [1.29, 1.82) is 0 Å². The molecule has 1 rings (SSSR count). The maximum atomic E-state index is 12.8. The Morgan fingerprint density at radius 2 is 1.96 bits per heavy atom. The number of carbonyl (C=O) groups excluding carboxylic acids is 1. The second-order valence-corrected chi connectivity index (χ2v) is 7.93. The Balaban J connectivity index is 2.94. The molecule has 0 aliphatic rings. The van der Waals surface area contributed by atoms with Crippen molar-refractivity contribution in [2.24, 2.45) is 5.92 Å². The lowest BCUT2D eigenvalue weighted by Gasteiger charge is -2.21. The molecule has 24 heavy (non-hydrogen) atoms. The summed E-state index contributed by atoms with van der Waals surface area (Å²) in [6.45, 7) is 10.4. The number of nitrogens with one attached hydrogen (secondary N) is 1. The second-order valence-electron chi connectivity index (χ2n) is 5.99. The van der Waals surface area contributed by atoms with Gasteiger partial charge in [-0.25, -0.2) is 8.42 Å². The first-order valence-electron chi connectivity index (χ1n) is 8.22. The van der Waals surface area contributed by atoms with Crippen molar-refractivity contribution in [2.75, 3.05) is 26.2 Å². The van der Waals surface area contributed by atoms with Gasteiger partial charge in [-0.15, -0.1) is 0 Å². The normalized spacial score (nSPS) is 11.8. The SMILES string of the molecule is CCOc1ccc(S(=O)(=O)N(CC)CC(=O)NCC(C)C)cc1C. The van der Waals surface area contributed by atoms with E-state index in [2.05, 4.69) is 5.32 Å². The van der Waals surface area contributed by atoms with Crippen LogP contribution in [0.1, 0.15) is 33.3 Å². The highest BCUT2D eigenvalue weighted by Gasteiger charge is 2.25. The summed E-state index contributed by atoms with van der Waals surface area (Å²) < 4.78 is 32.1. The molecule has 0 heterocycles. The van der Waals surface area contributed by atoms with Crippen LogP contribution in [0.15, 0.2) is 23.1 Å². The summed E-state index contributed by atoms with van der Waals surface area (Å²) in [4.78, 5) is 12.1. The molecule has 0 atom stereocenters. The highest BCUT2D eigenvalue weighted by atomic mass is 32.2. The molecule has 6 nitrogen and oxygen atoms in total. The van der Waals surface area contributed by atoms with Gasteiger partial charge in [0.1, 0.15) is 5.75 Å². The van der Waals surface area contributed by atoms with Crippen LogP contribution in [-0.2, 0) is 14.8 Å². The molecular formula is C17H28N2O4S. The average Bonchev–Trinajstić information content (AvgIpc) is 2.52. The minimum absolute atomic E-state index is 0.168. The van der Waals surface area contributed by atoms with Crippen molar-refractivity contribution in [3.63, 3.8) is 0 Å². The second kappa shape index (κ2) is 9.03. The quantitative estimate of drug-likeness (QED) is 0.736. The molecule has 0 bridgehead atoms. The molecule has 1 N–H and O–H groups in total. The lowest BCUT2D eigenvalue weighted by molar-refractivity contribution is -0.121. The number of hydrogen-bond donors (Lipinski definition) is 1. The van der Waals surface area contributed by atoms with Gasteiger partial charge in [-0.05, 0) is 43.5 Å². The molecule has 0 aliphatic carbocycles. The summed E-state index contributed by atoms with van der Waals surface area (Å²) in [5.74, 6) is 0.681. The van der Waals surface area contributed by atoms with Crippen LogP contribution in [0.5, 0.6) is 5.75 Å². The lowest BCUT2D eigenvalue weighted by Crippen LogP contribution is -2.41. The van der Waals surface area contributed by atoms with Gasteiger partial charge in [-0.3, -0.25) is 4.79 Å². The van der Waals surface area contributed by atoms with Crippen molar-refractivity contribution in [1.82, 2.24) is 9.62 Å². The third-order valence-corrected chi connectivity index (χ3v) is 5.38. The summed E-state index contributed by atoms with van der Waals surface area (Å²) in [5.41, 5.74) is 0.748. The van der Waals surface area contributed by atoms with Crippen LogP contribution in [0.2, 0.25) is 0 Å². The number of sulfonamides is 1. The van der Waals surface area contributed by atoms with Gasteiger partial charge >= 0.3 is 0 Å². The molecule has 7 heteroatoms. The number of ether oxygens (including phenoxy) is 1. The first-order chi connectivity index (χ1) is 11.2. The smallest absolute Gasteiger partial charge is 0.243 e. The van der Waals surface area contributed by atoms with Gasteiger partial charge in [0.15, 0.2) is 0 Å². The zero-order valence-corrected chi connectivity index (χ0v) is 15.9. The van der Waals surface area contributed by atoms with Gasteiger partial charge in [0, 0.05) is 13.1 Å². The zero-order chi connectivity index (χ0) is 18.3. The third kappa shape index (κ3) is 5.49. The minimum Gasteiger partial charge on any atom is -0.494 e. The van der Waals surface area contributed by atoms with E-state index in [1.165, 1.54) is 10.4 Å². The molecule has 0 unspecified atom stereocenters. The fourth-order valence-electron chi connectivity index (χ4n) is 2.15.